The van der Waals surface area contributed by atoms with Gasteiger partial charge in [-0.25, -0.2) is 8.78 Å². The number of rotatable bonds is 5. The van der Waals surface area contributed by atoms with Gasteiger partial charge in [-0.1, -0.05) is 12.1 Å². The van der Waals surface area contributed by atoms with Crippen LogP contribution in [0.1, 0.15) is 22.8 Å². The summed E-state index contributed by atoms with van der Waals surface area (Å²) in [5.74, 6) is -2.98. The van der Waals surface area contributed by atoms with E-state index in [1.165, 1.54) is 23.1 Å². The summed E-state index contributed by atoms with van der Waals surface area (Å²) in [7, 11) is 0. The molecular formula is C18H15F2N3O2. The number of likely N-dealkylation sites (N-methyl/N-ethyl adjacent to an activating group) is 1. The number of carbonyl (C=O) groups is 2. The first kappa shape index (κ1) is 18.1. The molecule has 0 bridgehead atoms. The molecule has 0 aliphatic heterocycles. The zero-order valence-corrected chi connectivity index (χ0v) is 13.4. The fraction of sp³-hybridized carbons (Fsp3) is 0.167. The van der Waals surface area contributed by atoms with Crippen LogP contribution in [0.2, 0.25) is 0 Å². The summed E-state index contributed by atoms with van der Waals surface area (Å²) >= 11 is 0. The topological polar surface area (TPSA) is 73.2 Å². The van der Waals surface area contributed by atoms with Crippen molar-refractivity contribution in [3.63, 3.8) is 0 Å². The Morgan fingerprint density at radius 2 is 1.80 bits per heavy atom. The average Bonchev–Trinajstić information content (AvgIpc) is 2.62. The molecule has 0 radical (unpaired) electrons. The first-order valence-electron chi connectivity index (χ1n) is 7.49. The molecule has 0 fully saturated rings. The highest BCUT2D eigenvalue weighted by Crippen LogP contribution is 2.18. The second-order valence-corrected chi connectivity index (χ2v) is 5.16. The van der Waals surface area contributed by atoms with Crippen LogP contribution in [-0.2, 0) is 4.79 Å². The quantitative estimate of drug-likeness (QED) is 0.907. The van der Waals surface area contributed by atoms with E-state index in [1.807, 2.05) is 6.07 Å². The number of amides is 2. The highest BCUT2D eigenvalue weighted by Gasteiger charge is 2.19. The summed E-state index contributed by atoms with van der Waals surface area (Å²) in [4.78, 5) is 25.7. The van der Waals surface area contributed by atoms with Crippen molar-refractivity contribution in [2.45, 2.75) is 6.92 Å². The highest BCUT2D eigenvalue weighted by molar-refractivity contribution is 5.99. The van der Waals surface area contributed by atoms with E-state index in [1.54, 1.807) is 19.1 Å². The fourth-order valence-electron chi connectivity index (χ4n) is 2.20. The average molecular weight is 343 g/mol. The molecule has 2 aromatic rings. The lowest BCUT2D eigenvalue weighted by molar-refractivity contribution is -0.116. The molecule has 0 saturated carbocycles. The van der Waals surface area contributed by atoms with Gasteiger partial charge in [-0.2, -0.15) is 5.26 Å². The van der Waals surface area contributed by atoms with Crippen molar-refractivity contribution in [1.82, 2.24) is 4.90 Å². The van der Waals surface area contributed by atoms with Crippen LogP contribution in [0.4, 0.5) is 14.5 Å². The second-order valence-electron chi connectivity index (χ2n) is 5.16. The number of halogens is 2. The Bertz CT molecular complexity index is 826. The number of nitrogens with zero attached hydrogens (tertiary/aromatic N) is 2. The van der Waals surface area contributed by atoms with Gasteiger partial charge in [0, 0.05) is 12.1 Å². The molecule has 0 heterocycles. The Balaban J connectivity index is 2.12. The van der Waals surface area contributed by atoms with Crippen LogP contribution in [0, 0.1) is 23.0 Å². The minimum atomic E-state index is -0.899. The zero-order valence-electron chi connectivity index (χ0n) is 13.4. The van der Waals surface area contributed by atoms with Crippen LogP contribution in [0.15, 0.2) is 42.5 Å². The SMILES string of the molecule is CCN(CC(=O)Nc1c(F)cccc1F)C(=O)c1cccc(C#N)c1. The predicted molar refractivity (Wildman–Crippen MR) is 87.7 cm³/mol. The molecule has 0 saturated heterocycles. The molecule has 0 aromatic heterocycles. The lowest BCUT2D eigenvalue weighted by Crippen LogP contribution is -2.38. The highest BCUT2D eigenvalue weighted by atomic mass is 19.1. The van der Waals surface area contributed by atoms with Gasteiger partial charge in [-0.05, 0) is 37.3 Å². The number of hydrogen-bond donors (Lipinski definition) is 1. The Hall–Kier alpha value is -3.27. The summed E-state index contributed by atoms with van der Waals surface area (Å²) < 4.78 is 27.1. The largest absolute Gasteiger partial charge is 0.330 e. The van der Waals surface area contributed by atoms with Gasteiger partial charge >= 0.3 is 0 Å². The van der Waals surface area contributed by atoms with Crippen molar-refractivity contribution >= 4 is 17.5 Å². The monoisotopic (exact) mass is 343 g/mol. The van der Waals surface area contributed by atoms with E-state index in [0.29, 0.717) is 5.56 Å². The van der Waals surface area contributed by atoms with Crippen molar-refractivity contribution in [3.05, 3.63) is 65.2 Å². The molecule has 1 N–H and O–H groups in total. The number of para-hydroxylation sites is 1. The van der Waals surface area contributed by atoms with Crippen LogP contribution < -0.4 is 5.32 Å². The van der Waals surface area contributed by atoms with E-state index in [9.17, 15) is 18.4 Å². The third-order valence-electron chi connectivity index (χ3n) is 3.47. The summed E-state index contributed by atoms with van der Waals surface area (Å²) in [6.07, 6.45) is 0. The van der Waals surface area contributed by atoms with E-state index in [0.717, 1.165) is 12.1 Å². The molecular weight excluding hydrogens is 328 g/mol. The van der Waals surface area contributed by atoms with Crippen LogP contribution in [0.3, 0.4) is 0 Å². The van der Waals surface area contributed by atoms with Crippen molar-refractivity contribution in [2.75, 3.05) is 18.4 Å². The van der Waals surface area contributed by atoms with Gasteiger partial charge in [0.1, 0.15) is 23.9 Å². The number of hydrogen-bond acceptors (Lipinski definition) is 3. The standard InChI is InChI=1S/C18H15F2N3O2/c1-2-23(18(25)13-6-3-5-12(9-13)10-21)11-16(24)22-17-14(19)7-4-8-15(17)20/h3-9H,2,11H2,1H3,(H,22,24). The van der Waals surface area contributed by atoms with Crippen LogP contribution in [-0.4, -0.2) is 29.8 Å². The van der Waals surface area contributed by atoms with E-state index >= 15 is 0 Å². The maximum absolute atomic E-state index is 13.6. The fourth-order valence-corrected chi connectivity index (χ4v) is 2.20. The predicted octanol–water partition coefficient (Wildman–Crippen LogP) is 2.94. The third-order valence-corrected chi connectivity index (χ3v) is 3.47. The number of nitriles is 1. The molecule has 2 amide bonds. The van der Waals surface area contributed by atoms with Gasteiger partial charge < -0.3 is 10.2 Å². The lowest BCUT2D eigenvalue weighted by Gasteiger charge is -2.20. The molecule has 0 unspecified atom stereocenters. The van der Waals surface area contributed by atoms with Gasteiger partial charge in [0.15, 0.2) is 0 Å². The number of anilines is 1. The van der Waals surface area contributed by atoms with E-state index in [2.05, 4.69) is 5.32 Å². The zero-order chi connectivity index (χ0) is 18.4. The molecule has 7 heteroatoms. The number of benzene rings is 2. The molecule has 2 aromatic carbocycles. The van der Waals surface area contributed by atoms with Crippen molar-refractivity contribution in [1.29, 1.82) is 5.26 Å². The maximum Gasteiger partial charge on any atom is 0.254 e. The number of carbonyl (C=O) groups excluding carboxylic acids is 2. The van der Waals surface area contributed by atoms with Gasteiger partial charge in [-0.3, -0.25) is 9.59 Å². The molecule has 128 valence electrons. The molecule has 0 aliphatic carbocycles. The first-order valence-corrected chi connectivity index (χ1v) is 7.49. The smallest absolute Gasteiger partial charge is 0.254 e. The second kappa shape index (κ2) is 8.02. The van der Waals surface area contributed by atoms with Gasteiger partial charge in [-0.15, -0.1) is 0 Å². The summed E-state index contributed by atoms with van der Waals surface area (Å²) in [5, 5.41) is 11.0. The van der Waals surface area contributed by atoms with E-state index < -0.39 is 29.1 Å². The number of nitrogens with one attached hydrogen (secondary N) is 1. The van der Waals surface area contributed by atoms with Crippen LogP contribution in [0.5, 0.6) is 0 Å². The van der Waals surface area contributed by atoms with Gasteiger partial charge in [0.2, 0.25) is 5.91 Å². The molecule has 0 aliphatic rings. The van der Waals surface area contributed by atoms with Crippen molar-refractivity contribution < 1.29 is 18.4 Å². The molecule has 25 heavy (non-hydrogen) atoms. The Morgan fingerprint density at radius 3 is 2.40 bits per heavy atom. The normalized spacial score (nSPS) is 10.0. The molecule has 2 rings (SSSR count). The van der Waals surface area contributed by atoms with Gasteiger partial charge in [0.25, 0.3) is 5.91 Å². The molecule has 5 nitrogen and oxygen atoms in total. The van der Waals surface area contributed by atoms with Crippen molar-refractivity contribution in [3.8, 4) is 6.07 Å². The van der Waals surface area contributed by atoms with Crippen molar-refractivity contribution in [2.24, 2.45) is 0 Å². The summed E-state index contributed by atoms with van der Waals surface area (Å²) in [6.45, 7) is 1.51. The summed E-state index contributed by atoms with van der Waals surface area (Å²) in [5.41, 5.74) is 0.0213. The summed E-state index contributed by atoms with van der Waals surface area (Å²) in [6, 6.07) is 11.2. The minimum absolute atomic E-state index is 0.211. The molecule has 0 atom stereocenters. The van der Waals surface area contributed by atoms with Crippen LogP contribution >= 0.6 is 0 Å². The van der Waals surface area contributed by atoms with Gasteiger partial charge in [0.05, 0.1) is 11.6 Å². The third kappa shape index (κ3) is 4.38. The Morgan fingerprint density at radius 1 is 1.16 bits per heavy atom. The first-order chi connectivity index (χ1) is 12.0. The minimum Gasteiger partial charge on any atom is -0.330 e. The maximum atomic E-state index is 13.6. The Kier molecular flexibility index (Phi) is 5.79. The van der Waals surface area contributed by atoms with E-state index in [-0.39, 0.29) is 18.7 Å². The van der Waals surface area contributed by atoms with Crippen LogP contribution in [0.25, 0.3) is 0 Å². The van der Waals surface area contributed by atoms with E-state index in [4.69, 9.17) is 5.26 Å². The Labute approximate surface area is 143 Å². The molecule has 0 spiro atoms. The lowest BCUT2D eigenvalue weighted by atomic mass is 10.1.